The summed E-state index contributed by atoms with van der Waals surface area (Å²) in [5.74, 6) is -0.0623. The lowest BCUT2D eigenvalue weighted by Gasteiger charge is -1.98. The van der Waals surface area contributed by atoms with Gasteiger partial charge in [0.1, 0.15) is 0 Å². The smallest absolute Gasteiger partial charge is 0.256 e. The van der Waals surface area contributed by atoms with Crippen LogP contribution in [-0.4, -0.2) is 10.9 Å². The number of hydrogen-bond acceptors (Lipinski definition) is 1. The van der Waals surface area contributed by atoms with Crippen LogP contribution in [0.15, 0.2) is 41.0 Å². The lowest BCUT2D eigenvalue weighted by molar-refractivity contribution is -0.110. The number of amides is 1. The van der Waals surface area contributed by atoms with E-state index >= 15 is 0 Å². The van der Waals surface area contributed by atoms with Crippen LogP contribution in [0.4, 0.5) is 5.69 Å². The number of rotatable bonds is 1. The molecule has 0 radical (unpaired) electrons. The van der Waals surface area contributed by atoms with Gasteiger partial charge in [-0.25, -0.2) is 0 Å². The van der Waals surface area contributed by atoms with E-state index in [9.17, 15) is 4.79 Å². The van der Waals surface area contributed by atoms with E-state index in [1.54, 1.807) is 0 Å². The van der Waals surface area contributed by atoms with Gasteiger partial charge in [-0.05, 0) is 36.4 Å². The van der Waals surface area contributed by atoms with Gasteiger partial charge in [0, 0.05) is 27.6 Å². The maximum Gasteiger partial charge on any atom is 0.256 e. The van der Waals surface area contributed by atoms with Crippen molar-refractivity contribution in [2.75, 3.05) is 5.32 Å². The summed E-state index contributed by atoms with van der Waals surface area (Å²) in [6, 6.07) is 9.59. The molecular weight excluding hydrogens is 280 g/mol. The van der Waals surface area contributed by atoms with Gasteiger partial charge in [-0.1, -0.05) is 15.9 Å². The van der Waals surface area contributed by atoms with Crippen LogP contribution < -0.4 is 5.32 Å². The molecule has 1 aliphatic heterocycles. The number of H-pyrrole nitrogens is 1. The molecule has 1 aromatic carbocycles. The fourth-order valence-corrected chi connectivity index (χ4v) is 2.25. The first kappa shape index (κ1) is 10.4. The van der Waals surface area contributed by atoms with Crippen LogP contribution in [-0.2, 0) is 4.79 Å². The Morgan fingerprint density at radius 1 is 1.24 bits per heavy atom. The molecule has 2 N–H and O–H groups in total. The molecule has 0 saturated heterocycles. The molecule has 1 aromatic heterocycles. The van der Waals surface area contributed by atoms with Crippen molar-refractivity contribution in [2.24, 2.45) is 0 Å². The SMILES string of the molecule is O=C1Nc2ccc(Br)cc2C1=Cc1ccc[nH]1. The molecule has 3 nitrogen and oxygen atoms in total. The highest BCUT2D eigenvalue weighted by molar-refractivity contribution is 9.10. The number of aromatic amines is 1. The molecule has 4 heteroatoms. The third kappa shape index (κ3) is 1.80. The molecule has 1 amide bonds. The van der Waals surface area contributed by atoms with Gasteiger partial charge < -0.3 is 10.3 Å². The van der Waals surface area contributed by atoms with Gasteiger partial charge in [0.2, 0.25) is 0 Å². The summed E-state index contributed by atoms with van der Waals surface area (Å²) >= 11 is 3.42. The number of anilines is 1. The summed E-state index contributed by atoms with van der Waals surface area (Å²) in [6.45, 7) is 0. The van der Waals surface area contributed by atoms with Gasteiger partial charge in [-0.2, -0.15) is 0 Å². The Kier molecular flexibility index (Phi) is 2.37. The summed E-state index contributed by atoms with van der Waals surface area (Å²) in [7, 11) is 0. The minimum Gasteiger partial charge on any atom is -0.362 e. The monoisotopic (exact) mass is 288 g/mol. The molecule has 0 aliphatic carbocycles. The van der Waals surface area contributed by atoms with Crippen LogP contribution in [0.5, 0.6) is 0 Å². The van der Waals surface area contributed by atoms with Gasteiger partial charge in [-0.15, -0.1) is 0 Å². The van der Waals surface area contributed by atoms with E-state index in [0.717, 1.165) is 21.4 Å². The van der Waals surface area contributed by atoms with Gasteiger partial charge in [0.15, 0.2) is 0 Å². The third-order valence-electron chi connectivity index (χ3n) is 2.69. The Hall–Kier alpha value is -1.81. The number of nitrogens with one attached hydrogen (secondary N) is 2. The molecule has 0 saturated carbocycles. The molecule has 0 fully saturated rings. The topological polar surface area (TPSA) is 44.9 Å². The second kappa shape index (κ2) is 3.89. The molecule has 17 heavy (non-hydrogen) atoms. The highest BCUT2D eigenvalue weighted by Gasteiger charge is 2.23. The number of hydrogen-bond donors (Lipinski definition) is 2. The van der Waals surface area contributed by atoms with E-state index in [2.05, 4.69) is 26.2 Å². The zero-order chi connectivity index (χ0) is 11.8. The molecule has 2 heterocycles. The predicted molar refractivity (Wildman–Crippen MR) is 71.4 cm³/mol. The number of carbonyl (C=O) groups excluding carboxylic acids is 1. The maximum absolute atomic E-state index is 11.9. The fourth-order valence-electron chi connectivity index (χ4n) is 1.89. The maximum atomic E-state index is 11.9. The van der Waals surface area contributed by atoms with Crippen molar-refractivity contribution in [3.05, 3.63) is 52.3 Å². The summed E-state index contributed by atoms with van der Waals surface area (Å²) in [5, 5.41) is 2.85. The molecule has 0 atom stereocenters. The quantitative estimate of drug-likeness (QED) is 0.777. The summed E-state index contributed by atoms with van der Waals surface area (Å²) in [4.78, 5) is 14.9. The van der Waals surface area contributed by atoms with Crippen molar-refractivity contribution in [3.8, 4) is 0 Å². The number of carbonyl (C=O) groups is 1. The fraction of sp³-hybridized carbons (Fsp3) is 0. The average Bonchev–Trinajstić information content (AvgIpc) is 2.90. The van der Waals surface area contributed by atoms with Crippen molar-refractivity contribution in [2.45, 2.75) is 0 Å². The molecule has 0 unspecified atom stereocenters. The lowest BCUT2D eigenvalue weighted by atomic mass is 10.1. The minimum absolute atomic E-state index is 0.0623. The minimum atomic E-state index is -0.0623. The first-order chi connectivity index (χ1) is 8.24. The van der Waals surface area contributed by atoms with Crippen LogP contribution in [0, 0.1) is 0 Å². The van der Waals surface area contributed by atoms with Gasteiger partial charge in [0.05, 0.1) is 5.57 Å². The molecule has 2 aromatic rings. The van der Waals surface area contributed by atoms with Gasteiger partial charge >= 0.3 is 0 Å². The van der Waals surface area contributed by atoms with E-state index < -0.39 is 0 Å². The lowest BCUT2D eigenvalue weighted by Crippen LogP contribution is -2.03. The van der Waals surface area contributed by atoms with Crippen molar-refractivity contribution in [1.82, 2.24) is 4.98 Å². The second-order valence-electron chi connectivity index (χ2n) is 3.83. The second-order valence-corrected chi connectivity index (χ2v) is 4.74. The Balaban J connectivity index is 2.13. The van der Waals surface area contributed by atoms with Gasteiger partial charge in [0.25, 0.3) is 5.91 Å². The molecule has 1 aliphatic rings. The largest absolute Gasteiger partial charge is 0.362 e. The first-order valence-electron chi connectivity index (χ1n) is 5.20. The molecule has 84 valence electrons. The number of benzene rings is 1. The van der Waals surface area contributed by atoms with Crippen molar-refractivity contribution < 1.29 is 4.79 Å². The summed E-state index contributed by atoms with van der Waals surface area (Å²) in [5.41, 5.74) is 3.39. The predicted octanol–water partition coefficient (Wildman–Crippen LogP) is 3.27. The number of fused-ring (bicyclic) bond motifs is 1. The first-order valence-corrected chi connectivity index (χ1v) is 6.00. The van der Waals surface area contributed by atoms with E-state index in [1.807, 2.05) is 42.6 Å². The van der Waals surface area contributed by atoms with Crippen molar-refractivity contribution >= 4 is 39.2 Å². The van der Waals surface area contributed by atoms with E-state index in [1.165, 1.54) is 0 Å². The highest BCUT2D eigenvalue weighted by atomic mass is 79.9. The van der Waals surface area contributed by atoms with Gasteiger partial charge in [-0.3, -0.25) is 4.79 Å². The number of halogens is 1. The summed E-state index contributed by atoms with van der Waals surface area (Å²) in [6.07, 6.45) is 3.69. The van der Waals surface area contributed by atoms with Crippen molar-refractivity contribution in [1.29, 1.82) is 0 Å². The van der Waals surface area contributed by atoms with E-state index in [4.69, 9.17) is 0 Å². The third-order valence-corrected chi connectivity index (χ3v) is 3.18. The van der Waals surface area contributed by atoms with E-state index in [-0.39, 0.29) is 5.91 Å². The molecule has 0 spiro atoms. The van der Waals surface area contributed by atoms with Crippen molar-refractivity contribution in [3.63, 3.8) is 0 Å². The zero-order valence-electron chi connectivity index (χ0n) is 8.83. The van der Waals surface area contributed by atoms with Crippen LogP contribution in [0.1, 0.15) is 11.3 Å². The van der Waals surface area contributed by atoms with Crippen LogP contribution in [0.2, 0.25) is 0 Å². The van der Waals surface area contributed by atoms with E-state index in [0.29, 0.717) is 5.57 Å². The van der Waals surface area contributed by atoms with Crippen LogP contribution in [0.3, 0.4) is 0 Å². The highest BCUT2D eigenvalue weighted by Crippen LogP contribution is 2.34. The summed E-state index contributed by atoms with van der Waals surface area (Å²) < 4.78 is 0.963. The Morgan fingerprint density at radius 3 is 2.88 bits per heavy atom. The molecule has 0 bridgehead atoms. The zero-order valence-corrected chi connectivity index (χ0v) is 10.4. The molecular formula is C13H9BrN2O. The Labute approximate surface area is 107 Å². The average molecular weight is 289 g/mol. The standard InChI is InChI=1S/C13H9BrN2O/c14-8-3-4-12-10(6-8)11(13(17)16-12)7-9-2-1-5-15-9/h1-7,15H,(H,16,17). The Bertz CT molecular complexity index is 614. The normalized spacial score (nSPS) is 16.1. The Morgan fingerprint density at radius 2 is 2.12 bits per heavy atom. The number of aromatic nitrogens is 1. The van der Waals surface area contributed by atoms with Crippen LogP contribution >= 0.6 is 15.9 Å². The van der Waals surface area contributed by atoms with Crippen LogP contribution in [0.25, 0.3) is 11.6 Å². The molecule has 3 rings (SSSR count).